The van der Waals surface area contributed by atoms with Crippen LogP contribution in [0.4, 0.5) is 5.69 Å². The van der Waals surface area contributed by atoms with Crippen LogP contribution < -0.4 is 4.72 Å². The van der Waals surface area contributed by atoms with E-state index in [-0.39, 0.29) is 24.3 Å². The first-order valence-electron chi connectivity index (χ1n) is 6.17. The summed E-state index contributed by atoms with van der Waals surface area (Å²) in [6.45, 7) is 1.56. The molecule has 0 fully saturated rings. The van der Waals surface area contributed by atoms with E-state index in [1.807, 2.05) is 0 Å². The second-order valence-electron chi connectivity index (χ2n) is 4.51. The van der Waals surface area contributed by atoms with Crippen molar-refractivity contribution in [3.63, 3.8) is 0 Å². The Balaban J connectivity index is 2.71. The maximum absolute atomic E-state index is 11.8. The minimum atomic E-state index is -3.64. The Hall–Kier alpha value is -2.00. The van der Waals surface area contributed by atoms with Crippen LogP contribution in [0, 0.1) is 10.1 Å². The summed E-state index contributed by atoms with van der Waals surface area (Å²) in [6.07, 6.45) is -0.224. The lowest BCUT2D eigenvalue weighted by molar-refractivity contribution is -0.384. The van der Waals surface area contributed by atoms with Gasteiger partial charge in [-0.05, 0) is 18.9 Å². The lowest BCUT2D eigenvalue weighted by atomic mass is 10.1. The maximum Gasteiger partial charge on any atom is 0.303 e. The predicted molar refractivity (Wildman–Crippen MR) is 75.3 cm³/mol. The molecule has 1 unspecified atom stereocenters. The fourth-order valence-corrected chi connectivity index (χ4v) is 3.03. The molecule has 0 aliphatic carbocycles. The van der Waals surface area contributed by atoms with E-state index < -0.39 is 27.0 Å². The molecule has 0 saturated heterocycles. The van der Waals surface area contributed by atoms with Crippen molar-refractivity contribution in [3.05, 3.63) is 39.9 Å². The van der Waals surface area contributed by atoms with Crippen LogP contribution in [0.25, 0.3) is 0 Å². The summed E-state index contributed by atoms with van der Waals surface area (Å²) in [5.41, 5.74) is 0.343. The molecule has 0 aromatic heterocycles. The fraction of sp³-hybridized carbons (Fsp3) is 0.417. The first-order valence-corrected chi connectivity index (χ1v) is 7.82. The summed E-state index contributed by atoms with van der Waals surface area (Å²) in [5.74, 6) is -1.37. The SMILES string of the molecule is CC(NS(=O)(=O)CCCC(=O)O)c1cccc([N+](=O)[O-])c1. The molecule has 1 aromatic carbocycles. The van der Waals surface area contributed by atoms with Gasteiger partial charge in [0, 0.05) is 24.6 Å². The molecular formula is C12H16N2O6S. The van der Waals surface area contributed by atoms with Crippen LogP contribution in [0.5, 0.6) is 0 Å². The average molecular weight is 316 g/mol. The van der Waals surface area contributed by atoms with Gasteiger partial charge in [0.2, 0.25) is 10.0 Å². The molecule has 0 saturated carbocycles. The van der Waals surface area contributed by atoms with Crippen molar-refractivity contribution in [1.29, 1.82) is 0 Å². The monoisotopic (exact) mass is 316 g/mol. The number of hydrogen-bond acceptors (Lipinski definition) is 5. The van der Waals surface area contributed by atoms with E-state index in [0.29, 0.717) is 5.56 Å². The van der Waals surface area contributed by atoms with E-state index in [9.17, 15) is 23.3 Å². The van der Waals surface area contributed by atoms with Crippen LogP contribution in [0.2, 0.25) is 0 Å². The number of carboxylic acid groups (broad SMARTS) is 1. The van der Waals surface area contributed by atoms with Gasteiger partial charge in [-0.15, -0.1) is 0 Å². The number of aliphatic carboxylic acids is 1. The third-order valence-electron chi connectivity index (χ3n) is 2.74. The molecule has 0 aliphatic rings. The number of carboxylic acids is 1. The Morgan fingerprint density at radius 3 is 2.71 bits per heavy atom. The highest BCUT2D eigenvalue weighted by atomic mass is 32.2. The Labute approximate surface area is 122 Å². The Morgan fingerprint density at radius 2 is 2.14 bits per heavy atom. The van der Waals surface area contributed by atoms with Gasteiger partial charge in [-0.25, -0.2) is 13.1 Å². The molecule has 0 amide bonds. The molecular weight excluding hydrogens is 300 g/mol. The highest BCUT2D eigenvalue weighted by Crippen LogP contribution is 2.19. The largest absolute Gasteiger partial charge is 0.481 e. The summed E-state index contributed by atoms with van der Waals surface area (Å²) in [6, 6.07) is 5.03. The van der Waals surface area contributed by atoms with Crippen molar-refractivity contribution in [2.75, 3.05) is 5.75 Å². The molecule has 0 spiro atoms. The molecule has 1 aromatic rings. The van der Waals surface area contributed by atoms with Crippen molar-refractivity contribution < 1.29 is 23.2 Å². The number of non-ortho nitro benzene ring substituents is 1. The smallest absolute Gasteiger partial charge is 0.303 e. The zero-order valence-corrected chi connectivity index (χ0v) is 12.2. The van der Waals surface area contributed by atoms with Gasteiger partial charge in [-0.2, -0.15) is 0 Å². The number of nitrogens with one attached hydrogen (secondary N) is 1. The van der Waals surface area contributed by atoms with Crippen molar-refractivity contribution in [2.45, 2.75) is 25.8 Å². The topological polar surface area (TPSA) is 127 Å². The third kappa shape index (κ3) is 5.88. The van der Waals surface area contributed by atoms with Crippen LogP contribution >= 0.6 is 0 Å². The van der Waals surface area contributed by atoms with E-state index in [2.05, 4.69) is 4.72 Å². The Bertz CT molecular complexity index is 628. The number of nitro groups is 1. The molecule has 116 valence electrons. The molecule has 0 heterocycles. The minimum Gasteiger partial charge on any atom is -0.481 e. The highest BCUT2D eigenvalue weighted by Gasteiger charge is 2.17. The van der Waals surface area contributed by atoms with Crippen molar-refractivity contribution in [2.24, 2.45) is 0 Å². The molecule has 9 heteroatoms. The van der Waals surface area contributed by atoms with Gasteiger partial charge in [0.15, 0.2) is 0 Å². The summed E-state index contributed by atoms with van der Waals surface area (Å²) >= 11 is 0. The number of carbonyl (C=O) groups is 1. The Morgan fingerprint density at radius 1 is 1.48 bits per heavy atom. The van der Waals surface area contributed by atoms with E-state index in [0.717, 1.165) is 0 Å². The lowest BCUT2D eigenvalue weighted by Crippen LogP contribution is -2.29. The first-order chi connectivity index (χ1) is 9.71. The summed E-state index contributed by atoms with van der Waals surface area (Å²) in [4.78, 5) is 20.5. The second kappa shape index (κ2) is 7.14. The van der Waals surface area contributed by atoms with Crippen molar-refractivity contribution in [1.82, 2.24) is 4.72 Å². The number of nitro benzene ring substituents is 1. The molecule has 0 bridgehead atoms. The number of rotatable bonds is 8. The standard InChI is InChI=1S/C12H16N2O6S/c1-9(10-4-2-5-11(8-10)14(17)18)13-21(19,20)7-3-6-12(15)16/h2,4-5,8-9,13H,3,6-7H2,1H3,(H,15,16). The van der Waals surface area contributed by atoms with Gasteiger partial charge >= 0.3 is 5.97 Å². The molecule has 0 radical (unpaired) electrons. The lowest BCUT2D eigenvalue weighted by Gasteiger charge is -2.14. The van der Waals surface area contributed by atoms with Crippen LogP contribution in [0.3, 0.4) is 0 Å². The quantitative estimate of drug-likeness (QED) is 0.552. The van der Waals surface area contributed by atoms with Crippen LogP contribution in [-0.4, -0.2) is 30.2 Å². The number of sulfonamides is 1. The Kier molecular flexibility index (Phi) is 5.79. The molecule has 8 nitrogen and oxygen atoms in total. The zero-order chi connectivity index (χ0) is 16.0. The normalized spacial score (nSPS) is 12.8. The molecule has 1 atom stereocenters. The fourth-order valence-electron chi connectivity index (χ4n) is 1.72. The average Bonchev–Trinajstić information content (AvgIpc) is 2.37. The molecule has 0 aliphatic heterocycles. The zero-order valence-electron chi connectivity index (χ0n) is 11.4. The van der Waals surface area contributed by atoms with Gasteiger partial charge in [0.1, 0.15) is 0 Å². The second-order valence-corrected chi connectivity index (χ2v) is 6.38. The summed E-state index contributed by atoms with van der Waals surface area (Å²) in [7, 11) is -3.64. The number of benzene rings is 1. The molecule has 1 rings (SSSR count). The predicted octanol–water partition coefficient (Wildman–Crippen LogP) is 1.44. The third-order valence-corrected chi connectivity index (χ3v) is 4.28. The van der Waals surface area contributed by atoms with Gasteiger partial charge in [-0.1, -0.05) is 12.1 Å². The van der Waals surface area contributed by atoms with E-state index in [1.54, 1.807) is 13.0 Å². The summed E-state index contributed by atoms with van der Waals surface area (Å²) < 4.78 is 25.9. The van der Waals surface area contributed by atoms with Gasteiger partial charge in [0.25, 0.3) is 5.69 Å². The highest BCUT2D eigenvalue weighted by molar-refractivity contribution is 7.89. The minimum absolute atomic E-state index is 0.00627. The van der Waals surface area contributed by atoms with E-state index in [4.69, 9.17) is 5.11 Å². The van der Waals surface area contributed by atoms with Crippen molar-refractivity contribution >= 4 is 21.7 Å². The number of hydrogen-bond donors (Lipinski definition) is 2. The van der Waals surface area contributed by atoms with Crippen LogP contribution in [0.15, 0.2) is 24.3 Å². The van der Waals surface area contributed by atoms with Gasteiger partial charge in [0.05, 0.1) is 10.7 Å². The van der Waals surface area contributed by atoms with Crippen LogP contribution in [-0.2, 0) is 14.8 Å². The number of nitrogens with zero attached hydrogens (tertiary/aromatic N) is 1. The van der Waals surface area contributed by atoms with Gasteiger partial charge < -0.3 is 5.11 Å². The summed E-state index contributed by atoms with van der Waals surface area (Å²) in [5, 5.41) is 19.2. The maximum atomic E-state index is 11.8. The first kappa shape index (κ1) is 17.1. The van der Waals surface area contributed by atoms with E-state index in [1.165, 1.54) is 18.2 Å². The van der Waals surface area contributed by atoms with Crippen LogP contribution in [0.1, 0.15) is 31.4 Å². The van der Waals surface area contributed by atoms with Gasteiger partial charge in [-0.3, -0.25) is 14.9 Å². The molecule has 2 N–H and O–H groups in total. The molecule has 21 heavy (non-hydrogen) atoms. The van der Waals surface area contributed by atoms with E-state index >= 15 is 0 Å². The van der Waals surface area contributed by atoms with Crippen molar-refractivity contribution in [3.8, 4) is 0 Å².